The van der Waals surface area contributed by atoms with Gasteiger partial charge in [-0.25, -0.2) is 14.4 Å². The summed E-state index contributed by atoms with van der Waals surface area (Å²) >= 11 is 0. The first-order valence-electron chi connectivity index (χ1n) is 9.58. The van der Waals surface area contributed by atoms with E-state index < -0.39 is 5.82 Å². The first-order chi connectivity index (χ1) is 14.4. The predicted octanol–water partition coefficient (Wildman–Crippen LogP) is 1.50. The van der Waals surface area contributed by atoms with E-state index in [0.29, 0.717) is 35.5 Å². The number of H-pyrrole nitrogens is 1. The fourth-order valence-electron chi connectivity index (χ4n) is 2.97. The lowest BCUT2D eigenvalue weighted by molar-refractivity contribution is 0.245. The highest BCUT2D eigenvalue weighted by atomic mass is 19.1. The van der Waals surface area contributed by atoms with E-state index in [4.69, 9.17) is 0 Å². The molecule has 3 aromatic heterocycles. The second kappa shape index (κ2) is 8.14. The molecule has 3 N–H and O–H groups in total. The van der Waals surface area contributed by atoms with Crippen LogP contribution in [0, 0.1) is 12.7 Å². The molecule has 0 unspecified atom stereocenters. The average molecular weight is 413 g/mol. The Bertz CT molecular complexity index is 998. The van der Waals surface area contributed by atoms with Crippen molar-refractivity contribution in [1.29, 1.82) is 0 Å². The van der Waals surface area contributed by atoms with Crippen LogP contribution in [0.4, 0.5) is 28.1 Å². The summed E-state index contributed by atoms with van der Waals surface area (Å²) < 4.78 is 13.1. The topological polar surface area (TPSA) is 124 Å². The van der Waals surface area contributed by atoms with Crippen LogP contribution in [0.1, 0.15) is 24.5 Å². The Labute approximate surface area is 173 Å². The van der Waals surface area contributed by atoms with E-state index in [9.17, 15) is 4.39 Å². The third-order valence-corrected chi connectivity index (χ3v) is 4.82. The molecule has 4 rings (SSSR count). The van der Waals surface area contributed by atoms with Crippen LogP contribution in [-0.4, -0.2) is 73.2 Å². The fraction of sp³-hybridized carbons (Fsp3) is 0.444. The number of anilines is 4. The standard InChI is InChI=1S/C18H24FN11/c1-10-5-14(28-27-10)23-17-24-16(22-11(2)15-20-6-12(19)7-21-15)25-18(26-17)30-8-13(9-30)29(3)4/h5-7,11,13H,8-9H2,1-4H3,(H3,22,23,24,25,26,27,28)/t11-/m0/s1. The van der Waals surface area contributed by atoms with Crippen molar-refractivity contribution in [2.24, 2.45) is 0 Å². The number of aryl methyl sites for hydroxylation is 1. The van der Waals surface area contributed by atoms with Crippen molar-refractivity contribution in [2.45, 2.75) is 25.9 Å². The molecule has 12 heteroatoms. The maximum absolute atomic E-state index is 13.1. The molecule has 1 saturated heterocycles. The molecule has 0 aliphatic carbocycles. The van der Waals surface area contributed by atoms with E-state index in [1.54, 1.807) is 0 Å². The summed E-state index contributed by atoms with van der Waals surface area (Å²) in [4.78, 5) is 25.8. The van der Waals surface area contributed by atoms with Crippen molar-refractivity contribution in [3.63, 3.8) is 0 Å². The minimum atomic E-state index is -0.484. The van der Waals surface area contributed by atoms with Gasteiger partial charge in [0.1, 0.15) is 5.82 Å². The van der Waals surface area contributed by atoms with Crippen molar-refractivity contribution in [1.82, 2.24) is 40.0 Å². The van der Waals surface area contributed by atoms with E-state index in [1.807, 2.05) is 19.9 Å². The fourth-order valence-corrected chi connectivity index (χ4v) is 2.97. The lowest BCUT2D eigenvalue weighted by Crippen LogP contribution is -2.58. The molecule has 11 nitrogen and oxygen atoms in total. The molecule has 1 fully saturated rings. The van der Waals surface area contributed by atoms with Crippen LogP contribution >= 0.6 is 0 Å². The molecule has 1 atom stereocenters. The predicted molar refractivity (Wildman–Crippen MR) is 110 cm³/mol. The van der Waals surface area contributed by atoms with Gasteiger partial charge in [-0.1, -0.05) is 0 Å². The number of rotatable bonds is 7. The first kappa shape index (κ1) is 19.9. The Kier molecular flexibility index (Phi) is 5.40. The van der Waals surface area contributed by atoms with E-state index in [0.717, 1.165) is 31.2 Å². The van der Waals surface area contributed by atoms with Gasteiger partial charge in [-0.2, -0.15) is 20.1 Å². The lowest BCUT2D eigenvalue weighted by atomic mass is 10.1. The smallest absolute Gasteiger partial charge is 0.235 e. The van der Waals surface area contributed by atoms with E-state index in [2.05, 4.69) is 69.6 Å². The summed E-state index contributed by atoms with van der Waals surface area (Å²) in [6.45, 7) is 5.42. The van der Waals surface area contributed by atoms with Crippen LogP contribution in [-0.2, 0) is 0 Å². The van der Waals surface area contributed by atoms with E-state index in [-0.39, 0.29) is 6.04 Å². The number of aromatic amines is 1. The summed E-state index contributed by atoms with van der Waals surface area (Å²) in [5.41, 5.74) is 0.920. The zero-order chi connectivity index (χ0) is 21.3. The highest BCUT2D eigenvalue weighted by Crippen LogP contribution is 2.24. The van der Waals surface area contributed by atoms with E-state index in [1.165, 1.54) is 0 Å². The van der Waals surface area contributed by atoms with Crippen LogP contribution < -0.4 is 15.5 Å². The first-order valence-corrected chi connectivity index (χ1v) is 9.58. The van der Waals surface area contributed by atoms with Crippen LogP contribution in [0.15, 0.2) is 18.5 Å². The van der Waals surface area contributed by atoms with Crippen LogP contribution in [0.25, 0.3) is 0 Å². The number of nitrogens with zero attached hydrogens (tertiary/aromatic N) is 8. The molecule has 0 saturated carbocycles. The second-order valence-electron chi connectivity index (χ2n) is 7.49. The Balaban J connectivity index is 1.57. The lowest BCUT2D eigenvalue weighted by Gasteiger charge is -2.42. The minimum absolute atomic E-state index is 0.327. The molecule has 4 heterocycles. The van der Waals surface area contributed by atoms with Gasteiger partial charge in [-0.05, 0) is 27.9 Å². The highest BCUT2D eigenvalue weighted by Gasteiger charge is 2.31. The van der Waals surface area contributed by atoms with Gasteiger partial charge in [0.25, 0.3) is 0 Å². The monoisotopic (exact) mass is 413 g/mol. The molecule has 30 heavy (non-hydrogen) atoms. The quantitative estimate of drug-likeness (QED) is 0.525. The SMILES string of the molecule is Cc1cc(Nc2nc(N[C@@H](C)c3ncc(F)cn3)nc(N3CC(N(C)C)C3)n2)n[nH]1. The number of nitrogens with one attached hydrogen (secondary N) is 3. The summed E-state index contributed by atoms with van der Waals surface area (Å²) in [6, 6.07) is 1.99. The van der Waals surface area contributed by atoms with Crippen molar-refractivity contribution in [3.05, 3.63) is 35.8 Å². The zero-order valence-corrected chi connectivity index (χ0v) is 17.3. The molecule has 3 aromatic rings. The van der Waals surface area contributed by atoms with Gasteiger partial charge in [0.15, 0.2) is 11.6 Å². The molecule has 0 radical (unpaired) electrons. The highest BCUT2D eigenvalue weighted by molar-refractivity contribution is 5.53. The number of hydrogen-bond acceptors (Lipinski definition) is 10. The number of aromatic nitrogens is 7. The minimum Gasteiger partial charge on any atom is -0.344 e. The molecule has 0 aromatic carbocycles. The summed E-state index contributed by atoms with van der Waals surface area (Å²) in [5, 5.41) is 13.3. The number of likely N-dealkylation sites (N-methyl/N-ethyl adjacent to an activating group) is 1. The Hall–Kier alpha value is -3.41. The Morgan fingerprint density at radius 3 is 2.50 bits per heavy atom. The van der Waals surface area contributed by atoms with Gasteiger partial charge in [-0.15, -0.1) is 0 Å². The van der Waals surface area contributed by atoms with Crippen molar-refractivity contribution < 1.29 is 4.39 Å². The van der Waals surface area contributed by atoms with Gasteiger partial charge in [-0.3, -0.25) is 5.10 Å². The molecular weight excluding hydrogens is 389 g/mol. The maximum Gasteiger partial charge on any atom is 0.235 e. The van der Waals surface area contributed by atoms with Gasteiger partial charge in [0.05, 0.1) is 18.4 Å². The van der Waals surface area contributed by atoms with Crippen molar-refractivity contribution >= 4 is 23.7 Å². The third-order valence-electron chi connectivity index (χ3n) is 4.82. The Morgan fingerprint density at radius 1 is 1.17 bits per heavy atom. The molecule has 0 bridgehead atoms. The number of halogens is 1. The molecule has 1 aliphatic heterocycles. The average Bonchev–Trinajstić information content (AvgIpc) is 3.05. The third kappa shape index (κ3) is 4.43. The second-order valence-corrected chi connectivity index (χ2v) is 7.49. The summed E-state index contributed by atoms with van der Waals surface area (Å²) in [7, 11) is 4.11. The molecule has 0 amide bonds. The largest absolute Gasteiger partial charge is 0.344 e. The molecule has 158 valence electrons. The van der Waals surface area contributed by atoms with Crippen LogP contribution in [0.5, 0.6) is 0 Å². The van der Waals surface area contributed by atoms with Gasteiger partial charge in [0.2, 0.25) is 17.8 Å². The van der Waals surface area contributed by atoms with Gasteiger partial charge >= 0.3 is 0 Å². The molecule has 1 aliphatic rings. The van der Waals surface area contributed by atoms with Crippen molar-refractivity contribution in [3.8, 4) is 0 Å². The summed E-state index contributed by atoms with van der Waals surface area (Å²) in [6.07, 6.45) is 2.27. The van der Waals surface area contributed by atoms with Crippen LogP contribution in [0.2, 0.25) is 0 Å². The maximum atomic E-state index is 13.1. The molecular formula is C18H24FN11. The Morgan fingerprint density at radius 2 is 1.87 bits per heavy atom. The molecule has 0 spiro atoms. The number of hydrogen-bond donors (Lipinski definition) is 3. The normalized spacial score (nSPS) is 15.2. The van der Waals surface area contributed by atoms with Gasteiger partial charge < -0.3 is 20.4 Å². The zero-order valence-electron chi connectivity index (χ0n) is 17.3. The summed E-state index contributed by atoms with van der Waals surface area (Å²) in [5.74, 6) is 1.86. The van der Waals surface area contributed by atoms with Crippen LogP contribution in [0.3, 0.4) is 0 Å². The van der Waals surface area contributed by atoms with Crippen molar-refractivity contribution in [2.75, 3.05) is 42.7 Å². The van der Waals surface area contributed by atoms with Gasteiger partial charge in [0, 0.05) is 30.9 Å². The van der Waals surface area contributed by atoms with E-state index >= 15 is 0 Å².